The number of ether oxygens (including phenoxy) is 2. The second kappa shape index (κ2) is 11.2. The molecule has 1 saturated heterocycles. The zero-order valence-electron chi connectivity index (χ0n) is 21.2. The van der Waals surface area contributed by atoms with Gasteiger partial charge in [0.2, 0.25) is 0 Å². The summed E-state index contributed by atoms with van der Waals surface area (Å²) in [7, 11) is -3.18. The van der Waals surface area contributed by atoms with Crippen LogP contribution in [0, 0.1) is 0 Å². The number of allylic oxidation sites excluding steroid dienone is 1. The molecule has 6 nitrogen and oxygen atoms in total. The third kappa shape index (κ3) is 6.92. The van der Waals surface area contributed by atoms with Gasteiger partial charge in [-0.1, -0.05) is 12.1 Å². The van der Waals surface area contributed by atoms with Crippen LogP contribution in [-0.2, 0) is 21.1 Å². The van der Waals surface area contributed by atoms with Crippen molar-refractivity contribution in [2.45, 2.75) is 70.7 Å². The van der Waals surface area contributed by atoms with E-state index in [-0.39, 0.29) is 12.2 Å². The van der Waals surface area contributed by atoms with E-state index in [2.05, 4.69) is 35.8 Å². The molecular weight excluding hydrogens is 448 g/mol. The summed E-state index contributed by atoms with van der Waals surface area (Å²) in [6, 6.07) is 15.7. The molecule has 0 aromatic heterocycles. The van der Waals surface area contributed by atoms with Gasteiger partial charge in [0, 0.05) is 37.5 Å². The molecule has 0 spiro atoms. The van der Waals surface area contributed by atoms with Crippen molar-refractivity contribution in [2.24, 2.45) is 0 Å². The second-order valence-corrected chi connectivity index (χ2v) is 11.4. The van der Waals surface area contributed by atoms with Crippen molar-refractivity contribution in [2.75, 3.05) is 24.2 Å². The van der Waals surface area contributed by atoms with E-state index >= 15 is 0 Å². The van der Waals surface area contributed by atoms with E-state index in [0.717, 1.165) is 43.4 Å². The van der Waals surface area contributed by atoms with Gasteiger partial charge in [-0.15, -0.1) is 0 Å². The molecule has 0 bridgehead atoms. The molecule has 0 amide bonds. The maximum absolute atomic E-state index is 11.7. The Morgan fingerprint density at radius 1 is 1.15 bits per heavy atom. The van der Waals surface area contributed by atoms with Crippen molar-refractivity contribution in [3.63, 3.8) is 0 Å². The quantitative estimate of drug-likeness (QED) is 0.428. The Kier molecular flexibility index (Phi) is 8.52. The van der Waals surface area contributed by atoms with Gasteiger partial charge in [0.1, 0.15) is 11.9 Å². The number of sulfone groups is 1. The summed E-state index contributed by atoms with van der Waals surface area (Å²) < 4.78 is 35.8. The minimum absolute atomic E-state index is 0.0846. The smallest absolute Gasteiger partial charge is 0.185 e. The van der Waals surface area contributed by atoms with Gasteiger partial charge < -0.3 is 19.3 Å². The Bertz CT molecular complexity index is 1080. The molecule has 1 heterocycles. The molecule has 0 saturated carbocycles. The molecule has 7 heteroatoms. The van der Waals surface area contributed by atoms with Crippen LogP contribution in [0.3, 0.4) is 0 Å². The van der Waals surface area contributed by atoms with Gasteiger partial charge in [0.05, 0.1) is 17.5 Å². The molecule has 0 N–H and O–H groups in total. The molecule has 186 valence electrons. The Hall–Kier alpha value is -2.67. The van der Waals surface area contributed by atoms with Gasteiger partial charge in [-0.25, -0.2) is 8.42 Å². The Morgan fingerprint density at radius 2 is 1.85 bits per heavy atom. The lowest BCUT2D eigenvalue weighted by Gasteiger charge is -2.32. The van der Waals surface area contributed by atoms with Gasteiger partial charge in [-0.05, 0) is 82.7 Å². The average Bonchev–Trinajstić information content (AvgIpc) is 3.24. The summed E-state index contributed by atoms with van der Waals surface area (Å²) in [5, 5.41) is 0. The molecule has 2 aromatic carbocycles. The van der Waals surface area contributed by atoms with E-state index in [4.69, 9.17) is 9.47 Å². The number of hydrogen-bond donors (Lipinski definition) is 0. The van der Waals surface area contributed by atoms with Gasteiger partial charge in [-0.2, -0.15) is 0 Å². The van der Waals surface area contributed by atoms with E-state index in [0.29, 0.717) is 10.9 Å². The summed E-state index contributed by atoms with van der Waals surface area (Å²) in [6.45, 7) is 12.8. The highest BCUT2D eigenvalue weighted by molar-refractivity contribution is 7.90. The first kappa shape index (κ1) is 25.9. The lowest BCUT2D eigenvalue weighted by atomic mass is 10.1. The van der Waals surface area contributed by atoms with Gasteiger partial charge in [-0.3, -0.25) is 0 Å². The number of nitrogens with zero attached hydrogens (tertiary/aromatic N) is 2. The fourth-order valence-corrected chi connectivity index (χ4v) is 4.76. The topological polar surface area (TPSA) is 59.1 Å². The maximum Gasteiger partial charge on any atom is 0.185 e. The van der Waals surface area contributed by atoms with Crippen LogP contribution in [0.5, 0.6) is 5.75 Å². The van der Waals surface area contributed by atoms with E-state index in [1.165, 1.54) is 11.8 Å². The van der Waals surface area contributed by atoms with Crippen LogP contribution in [0.15, 0.2) is 65.4 Å². The van der Waals surface area contributed by atoms with Crippen molar-refractivity contribution in [3.05, 3.63) is 66.1 Å². The minimum atomic E-state index is -3.18. The molecule has 0 unspecified atom stereocenters. The lowest BCUT2D eigenvalue weighted by Crippen LogP contribution is -2.32. The normalized spacial score (nSPS) is 16.9. The number of hydrogen-bond acceptors (Lipinski definition) is 6. The van der Waals surface area contributed by atoms with E-state index in [1.807, 2.05) is 51.1 Å². The van der Waals surface area contributed by atoms with Crippen LogP contribution >= 0.6 is 0 Å². The first-order valence-electron chi connectivity index (χ1n) is 12.0. The van der Waals surface area contributed by atoms with Crippen molar-refractivity contribution in [3.8, 4) is 5.75 Å². The van der Waals surface area contributed by atoms with Gasteiger partial charge in [0.15, 0.2) is 15.7 Å². The second-order valence-electron chi connectivity index (χ2n) is 9.40. The molecule has 2 aromatic rings. The summed E-state index contributed by atoms with van der Waals surface area (Å²) in [5.74, 6) is 1.76. The highest BCUT2D eigenvalue weighted by Gasteiger charge is 2.25. The summed E-state index contributed by atoms with van der Waals surface area (Å²) >= 11 is 0. The predicted octanol–water partition coefficient (Wildman–Crippen LogP) is 5.24. The highest BCUT2D eigenvalue weighted by Crippen LogP contribution is 2.26. The molecular formula is C27H38N2O4S. The van der Waals surface area contributed by atoms with Crippen LogP contribution in [0.25, 0.3) is 0 Å². The van der Waals surface area contributed by atoms with Crippen LogP contribution in [0.1, 0.15) is 46.6 Å². The zero-order valence-corrected chi connectivity index (χ0v) is 22.0. The maximum atomic E-state index is 11.7. The molecule has 1 atom stereocenters. The first-order chi connectivity index (χ1) is 16.1. The number of benzene rings is 2. The van der Waals surface area contributed by atoms with E-state index < -0.39 is 9.84 Å². The minimum Gasteiger partial charge on any atom is -0.489 e. The fourth-order valence-electron chi connectivity index (χ4n) is 4.13. The predicted molar refractivity (Wildman–Crippen MR) is 138 cm³/mol. The molecule has 3 rings (SSSR count). The summed E-state index contributed by atoms with van der Waals surface area (Å²) in [5.41, 5.74) is 2.19. The molecule has 34 heavy (non-hydrogen) atoms. The lowest BCUT2D eigenvalue weighted by molar-refractivity contribution is 0.0523. The fraction of sp³-hybridized carbons (Fsp3) is 0.481. The van der Waals surface area contributed by atoms with Crippen molar-refractivity contribution in [1.82, 2.24) is 4.90 Å². The van der Waals surface area contributed by atoms with Crippen molar-refractivity contribution >= 4 is 15.5 Å². The monoisotopic (exact) mass is 486 g/mol. The number of anilines is 1. The average molecular weight is 487 g/mol. The Balaban J connectivity index is 1.64. The molecule has 0 radical (unpaired) electrons. The molecule has 1 fully saturated rings. The zero-order chi connectivity index (χ0) is 24.9. The summed E-state index contributed by atoms with van der Waals surface area (Å²) in [6.07, 6.45) is 4.38. The molecule has 1 aliphatic rings. The van der Waals surface area contributed by atoms with Crippen LogP contribution in [0.2, 0.25) is 0 Å². The highest BCUT2D eigenvalue weighted by atomic mass is 32.2. The van der Waals surface area contributed by atoms with Gasteiger partial charge >= 0.3 is 0 Å². The largest absolute Gasteiger partial charge is 0.489 e. The Morgan fingerprint density at radius 3 is 2.44 bits per heavy atom. The Labute approximate surface area is 205 Å². The molecule has 1 aliphatic heterocycles. The van der Waals surface area contributed by atoms with Crippen LogP contribution < -0.4 is 9.64 Å². The number of rotatable bonds is 10. The third-order valence-electron chi connectivity index (χ3n) is 5.84. The standard InChI is InChI=1S/C27H38N2O4S/c1-7-27(32-21(4)5)29(20(2)3)18-22-9-8-10-24(17-22)33-25-15-16-28(19-25)23-11-13-26(14-12-23)34(6,30)31/h7-14,17,20-21,25H,15-16,18-19H2,1-6H3/b27-7-/t25-/m0/s1. The SMILES string of the molecule is C/C=C(\OC(C)C)N(Cc1cccc(O[C@H]2CCN(c3ccc(S(C)(=O)=O)cc3)C2)c1)C(C)C. The third-order valence-corrected chi connectivity index (χ3v) is 6.97. The first-order valence-corrected chi connectivity index (χ1v) is 13.9. The van der Waals surface area contributed by atoms with Crippen molar-refractivity contribution in [1.29, 1.82) is 0 Å². The van der Waals surface area contributed by atoms with Crippen LogP contribution in [-0.4, -0.2) is 50.9 Å². The van der Waals surface area contributed by atoms with Crippen LogP contribution in [0.4, 0.5) is 5.69 Å². The van der Waals surface area contributed by atoms with Crippen molar-refractivity contribution < 1.29 is 17.9 Å². The van der Waals surface area contributed by atoms with E-state index in [1.54, 1.807) is 12.1 Å². The summed E-state index contributed by atoms with van der Waals surface area (Å²) in [4.78, 5) is 4.84. The molecule has 0 aliphatic carbocycles. The van der Waals surface area contributed by atoms with E-state index in [9.17, 15) is 8.42 Å². The van der Waals surface area contributed by atoms with Gasteiger partial charge in [0.25, 0.3) is 0 Å².